The van der Waals surface area contributed by atoms with Crippen LogP contribution in [0, 0.1) is 12.7 Å². The Hall–Kier alpha value is -1.92. The van der Waals surface area contributed by atoms with Crippen molar-refractivity contribution in [2.45, 2.75) is 25.5 Å². The van der Waals surface area contributed by atoms with Crippen molar-refractivity contribution >= 4 is 0 Å². The highest BCUT2D eigenvalue weighted by atomic mass is 19.1. The topological polar surface area (TPSA) is 50.5 Å². The van der Waals surface area contributed by atoms with Gasteiger partial charge < -0.3 is 9.84 Å². The highest BCUT2D eigenvalue weighted by Gasteiger charge is 2.37. The van der Waals surface area contributed by atoms with Crippen molar-refractivity contribution in [1.82, 2.24) is 14.7 Å². The molecule has 1 aliphatic rings. The fourth-order valence-electron chi connectivity index (χ4n) is 2.98. The van der Waals surface area contributed by atoms with Crippen LogP contribution in [0.3, 0.4) is 0 Å². The van der Waals surface area contributed by atoms with Gasteiger partial charge in [-0.1, -0.05) is 6.07 Å². The first-order valence-corrected chi connectivity index (χ1v) is 7.76. The molecule has 3 rings (SSSR count). The lowest BCUT2D eigenvalue weighted by molar-refractivity contribution is 0.00312. The number of β-amino-alcohol motifs (C(OH)–C–C–N with tert-alkyl or cyclic N) is 1. The van der Waals surface area contributed by atoms with Crippen molar-refractivity contribution in [1.29, 1.82) is 0 Å². The molecule has 0 radical (unpaired) electrons. The molecule has 0 spiro atoms. The van der Waals surface area contributed by atoms with E-state index in [0.29, 0.717) is 18.7 Å². The summed E-state index contributed by atoms with van der Waals surface area (Å²) in [6.45, 7) is 4.29. The minimum atomic E-state index is -0.904. The van der Waals surface area contributed by atoms with Crippen LogP contribution >= 0.6 is 0 Å². The molecule has 0 aliphatic carbocycles. The van der Waals surface area contributed by atoms with Gasteiger partial charge in [-0.15, -0.1) is 0 Å². The van der Waals surface area contributed by atoms with Gasteiger partial charge in [0.25, 0.3) is 0 Å². The van der Waals surface area contributed by atoms with E-state index in [1.54, 1.807) is 12.1 Å². The maximum Gasteiger partial charge on any atom is 0.126 e. The summed E-state index contributed by atoms with van der Waals surface area (Å²) in [5.41, 5.74) is 1.40. The van der Waals surface area contributed by atoms with E-state index in [1.807, 2.05) is 24.9 Å². The lowest BCUT2D eigenvalue weighted by Crippen LogP contribution is -2.39. The van der Waals surface area contributed by atoms with Gasteiger partial charge in [0.15, 0.2) is 0 Å². The summed E-state index contributed by atoms with van der Waals surface area (Å²) in [6.07, 6.45) is 2.49. The second kappa shape index (κ2) is 6.29. The monoisotopic (exact) mass is 319 g/mol. The Kier molecular flexibility index (Phi) is 4.37. The molecule has 1 aromatic carbocycles. The van der Waals surface area contributed by atoms with Crippen molar-refractivity contribution < 1.29 is 14.2 Å². The number of rotatable bonds is 5. The van der Waals surface area contributed by atoms with Crippen LogP contribution in [0.2, 0.25) is 0 Å². The first kappa shape index (κ1) is 16.0. The Morgan fingerprint density at radius 1 is 1.43 bits per heavy atom. The molecule has 1 saturated heterocycles. The van der Waals surface area contributed by atoms with E-state index in [2.05, 4.69) is 10.00 Å². The molecule has 6 heteroatoms. The number of aryl methyl sites for hydroxylation is 2. The van der Waals surface area contributed by atoms with Crippen LogP contribution in [0.25, 0.3) is 0 Å². The molecule has 0 saturated carbocycles. The van der Waals surface area contributed by atoms with Gasteiger partial charge in [0.05, 0.1) is 11.9 Å². The molecule has 0 amide bonds. The van der Waals surface area contributed by atoms with Crippen molar-refractivity contribution in [3.8, 4) is 5.75 Å². The third-order valence-corrected chi connectivity index (χ3v) is 4.36. The summed E-state index contributed by atoms with van der Waals surface area (Å²) >= 11 is 0. The Balaban J connectivity index is 1.57. The SMILES string of the molecule is Cc1cnn(C)c1CN1CCC(O)(COc2cccc(F)c2)C1. The maximum atomic E-state index is 13.2. The molecule has 1 aromatic heterocycles. The molecule has 1 aliphatic heterocycles. The molecule has 23 heavy (non-hydrogen) atoms. The summed E-state index contributed by atoms with van der Waals surface area (Å²) in [5.74, 6) is 0.105. The van der Waals surface area contributed by atoms with Gasteiger partial charge in [-0.3, -0.25) is 9.58 Å². The van der Waals surface area contributed by atoms with E-state index in [4.69, 9.17) is 4.74 Å². The number of aliphatic hydroxyl groups is 1. The number of hydrogen-bond donors (Lipinski definition) is 1. The van der Waals surface area contributed by atoms with Crippen molar-refractivity contribution in [2.24, 2.45) is 7.05 Å². The van der Waals surface area contributed by atoms with Gasteiger partial charge in [-0.25, -0.2) is 4.39 Å². The smallest absolute Gasteiger partial charge is 0.126 e. The fraction of sp³-hybridized carbons (Fsp3) is 0.471. The summed E-state index contributed by atoms with van der Waals surface area (Å²) in [4.78, 5) is 2.19. The maximum absolute atomic E-state index is 13.2. The zero-order chi connectivity index (χ0) is 16.4. The molecule has 124 valence electrons. The zero-order valence-corrected chi connectivity index (χ0v) is 13.5. The Morgan fingerprint density at radius 3 is 2.96 bits per heavy atom. The third-order valence-electron chi connectivity index (χ3n) is 4.36. The average molecular weight is 319 g/mol. The number of benzene rings is 1. The molecule has 1 atom stereocenters. The van der Waals surface area contributed by atoms with Crippen LogP contribution in [-0.4, -0.2) is 45.1 Å². The minimum Gasteiger partial charge on any atom is -0.490 e. The molecule has 1 N–H and O–H groups in total. The van der Waals surface area contributed by atoms with Gasteiger partial charge in [0.2, 0.25) is 0 Å². The highest BCUT2D eigenvalue weighted by molar-refractivity contribution is 5.22. The predicted molar refractivity (Wildman–Crippen MR) is 84.7 cm³/mol. The van der Waals surface area contributed by atoms with Crippen LogP contribution in [0.15, 0.2) is 30.5 Å². The molecular weight excluding hydrogens is 297 g/mol. The van der Waals surface area contributed by atoms with Crippen molar-refractivity contribution in [3.05, 3.63) is 47.5 Å². The van der Waals surface area contributed by atoms with E-state index in [1.165, 1.54) is 12.1 Å². The van der Waals surface area contributed by atoms with E-state index in [-0.39, 0.29) is 12.4 Å². The predicted octanol–water partition coefficient (Wildman–Crippen LogP) is 1.88. The first-order chi connectivity index (χ1) is 11.0. The number of halogens is 1. The van der Waals surface area contributed by atoms with Crippen LogP contribution in [0.1, 0.15) is 17.7 Å². The summed E-state index contributed by atoms with van der Waals surface area (Å²) < 4.78 is 20.6. The molecule has 1 unspecified atom stereocenters. The van der Waals surface area contributed by atoms with E-state index in [0.717, 1.165) is 24.3 Å². The van der Waals surface area contributed by atoms with Crippen LogP contribution in [-0.2, 0) is 13.6 Å². The normalized spacial score (nSPS) is 21.7. The van der Waals surface area contributed by atoms with Crippen molar-refractivity contribution in [2.75, 3.05) is 19.7 Å². The van der Waals surface area contributed by atoms with Gasteiger partial charge in [0, 0.05) is 32.7 Å². The van der Waals surface area contributed by atoms with Crippen LogP contribution < -0.4 is 4.74 Å². The molecule has 0 bridgehead atoms. The average Bonchev–Trinajstić information content (AvgIpc) is 3.04. The molecule has 5 nitrogen and oxygen atoms in total. The number of aromatic nitrogens is 2. The number of likely N-dealkylation sites (tertiary alicyclic amines) is 1. The molecule has 2 heterocycles. The van der Waals surface area contributed by atoms with E-state index >= 15 is 0 Å². The first-order valence-electron chi connectivity index (χ1n) is 7.76. The van der Waals surface area contributed by atoms with E-state index < -0.39 is 5.60 Å². The Bertz CT molecular complexity index is 669. The van der Waals surface area contributed by atoms with Gasteiger partial charge >= 0.3 is 0 Å². The summed E-state index contributed by atoms with van der Waals surface area (Å²) in [6, 6.07) is 5.99. The lowest BCUT2D eigenvalue weighted by atomic mass is 10.1. The zero-order valence-electron chi connectivity index (χ0n) is 13.5. The Morgan fingerprint density at radius 2 is 2.26 bits per heavy atom. The quantitative estimate of drug-likeness (QED) is 0.914. The van der Waals surface area contributed by atoms with Crippen molar-refractivity contribution in [3.63, 3.8) is 0 Å². The number of nitrogens with zero attached hydrogens (tertiary/aromatic N) is 3. The molecule has 1 fully saturated rings. The fourth-order valence-corrected chi connectivity index (χ4v) is 2.98. The molecule has 2 aromatic rings. The van der Waals surface area contributed by atoms with E-state index in [9.17, 15) is 9.50 Å². The number of ether oxygens (including phenoxy) is 1. The minimum absolute atomic E-state index is 0.164. The Labute approximate surface area is 135 Å². The van der Waals surface area contributed by atoms with Gasteiger partial charge in [0.1, 0.15) is 23.8 Å². The number of hydrogen-bond acceptors (Lipinski definition) is 4. The standard InChI is InChI=1S/C17H22FN3O2/c1-13-9-19-20(2)16(13)10-21-7-6-17(22,11-21)12-23-15-5-3-4-14(18)8-15/h3-5,8-9,22H,6-7,10-12H2,1-2H3. The van der Waals surface area contributed by atoms with Gasteiger partial charge in [-0.05, 0) is 31.0 Å². The highest BCUT2D eigenvalue weighted by Crippen LogP contribution is 2.25. The second-order valence-electron chi connectivity index (χ2n) is 6.33. The van der Waals surface area contributed by atoms with Crippen LogP contribution in [0.4, 0.5) is 4.39 Å². The van der Waals surface area contributed by atoms with Gasteiger partial charge in [-0.2, -0.15) is 5.10 Å². The third kappa shape index (κ3) is 3.71. The summed E-state index contributed by atoms with van der Waals surface area (Å²) in [7, 11) is 1.93. The largest absolute Gasteiger partial charge is 0.490 e. The molecular formula is C17H22FN3O2. The summed E-state index contributed by atoms with van der Waals surface area (Å²) in [5, 5.41) is 14.9. The second-order valence-corrected chi connectivity index (χ2v) is 6.33. The lowest BCUT2D eigenvalue weighted by Gasteiger charge is -2.24. The van der Waals surface area contributed by atoms with Crippen LogP contribution in [0.5, 0.6) is 5.75 Å².